The van der Waals surface area contributed by atoms with Gasteiger partial charge in [0.15, 0.2) is 0 Å². The van der Waals surface area contributed by atoms with Crippen LogP contribution in [0.4, 0.5) is 0 Å². The highest BCUT2D eigenvalue weighted by Gasteiger charge is 2.26. The molecular formula is C13H27NO2. The van der Waals surface area contributed by atoms with E-state index in [1.54, 1.807) is 7.11 Å². The van der Waals surface area contributed by atoms with Gasteiger partial charge in [-0.15, -0.1) is 0 Å². The molecule has 0 aromatic rings. The standard InChI is InChI=1S/C13H27NO2/c1-16-11-7-6-10-14-12-13(15)8-4-2-3-5-9-13/h14-15H,2-12H2,1H3. The van der Waals surface area contributed by atoms with Gasteiger partial charge in [-0.05, 0) is 32.2 Å². The molecule has 0 amide bonds. The van der Waals surface area contributed by atoms with Crippen LogP contribution in [0.3, 0.4) is 0 Å². The van der Waals surface area contributed by atoms with Crippen LogP contribution in [0.15, 0.2) is 0 Å². The first-order valence-corrected chi connectivity index (χ1v) is 6.69. The summed E-state index contributed by atoms with van der Waals surface area (Å²) in [6.45, 7) is 2.59. The van der Waals surface area contributed by atoms with E-state index in [1.807, 2.05) is 0 Å². The summed E-state index contributed by atoms with van der Waals surface area (Å²) in [7, 11) is 1.74. The minimum Gasteiger partial charge on any atom is -0.389 e. The summed E-state index contributed by atoms with van der Waals surface area (Å²) in [5.41, 5.74) is -0.433. The van der Waals surface area contributed by atoms with Gasteiger partial charge in [-0.1, -0.05) is 25.7 Å². The lowest BCUT2D eigenvalue weighted by molar-refractivity contribution is 0.0253. The molecule has 0 bridgehead atoms. The zero-order valence-electron chi connectivity index (χ0n) is 10.6. The predicted octanol–water partition coefficient (Wildman–Crippen LogP) is 2.09. The Labute approximate surface area is 99.6 Å². The summed E-state index contributed by atoms with van der Waals surface area (Å²) < 4.78 is 5.00. The van der Waals surface area contributed by atoms with Gasteiger partial charge in [0.05, 0.1) is 5.60 Å². The molecule has 1 aliphatic rings. The Morgan fingerprint density at radius 2 is 1.81 bits per heavy atom. The number of aliphatic hydroxyl groups is 1. The van der Waals surface area contributed by atoms with E-state index in [1.165, 1.54) is 25.7 Å². The highest BCUT2D eigenvalue weighted by molar-refractivity contribution is 4.83. The smallest absolute Gasteiger partial charge is 0.0771 e. The molecule has 0 aromatic carbocycles. The van der Waals surface area contributed by atoms with Gasteiger partial charge >= 0.3 is 0 Å². The number of rotatable bonds is 7. The summed E-state index contributed by atoms with van der Waals surface area (Å²) in [6.07, 6.45) is 9.11. The van der Waals surface area contributed by atoms with Crippen molar-refractivity contribution >= 4 is 0 Å². The van der Waals surface area contributed by atoms with Crippen molar-refractivity contribution in [3.63, 3.8) is 0 Å². The monoisotopic (exact) mass is 229 g/mol. The summed E-state index contributed by atoms with van der Waals surface area (Å²) in [5.74, 6) is 0. The van der Waals surface area contributed by atoms with Crippen molar-refractivity contribution in [2.45, 2.75) is 57.0 Å². The Morgan fingerprint density at radius 1 is 1.12 bits per heavy atom. The summed E-state index contributed by atoms with van der Waals surface area (Å²) in [6, 6.07) is 0. The summed E-state index contributed by atoms with van der Waals surface area (Å²) >= 11 is 0. The SMILES string of the molecule is COCCCCNCC1(O)CCCCCC1. The topological polar surface area (TPSA) is 41.5 Å². The van der Waals surface area contributed by atoms with Gasteiger partial charge in [0.1, 0.15) is 0 Å². The molecule has 0 spiro atoms. The van der Waals surface area contributed by atoms with Crippen LogP contribution in [0, 0.1) is 0 Å². The van der Waals surface area contributed by atoms with E-state index in [2.05, 4.69) is 5.32 Å². The van der Waals surface area contributed by atoms with Crippen LogP contribution in [-0.4, -0.2) is 37.5 Å². The maximum Gasteiger partial charge on any atom is 0.0771 e. The first-order chi connectivity index (χ1) is 7.77. The Bertz CT molecular complexity index is 165. The highest BCUT2D eigenvalue weighted by atomic mass is 16.5. The largest absolute Gasteiger partial charge is 0.389 e. The fourth-order valence-corrected chi connectivity index (χ4v) is 2.38. The van der Waals surface area contributed by atoms with E-state index in [0.29, 0.717) is 0 Å². The van der Waals surface area contributed by atoms with E-state index in [4.69, 9.17) is 4.74 Å². The molecule has 2 N–H and O–H groups in total. The van der Waals surface area contributed by atoms with Gasteiger partial charge < -0.3 is 15.2 Å². The third kappa shape index (κ3) is 5.83. The molecular weight excluding hydrogens is 202 g/mol. The molecule has 0 saturated heterocycles. The van der Waals surface area contributed by atoms with Crippen LogP contribution in [0.1, 0.15) is 51.4 Å². The lowest BCUT2D eigenvalue weighted by Crippen LogP contribution is -2.40. The Balaban J connectivity index is 2.05. The number of hydrogen-bond acceptors (Lipinski definition) is 3. The molecule has 1 saturated carbocycles. The van der Waals surface area contributed by atoms with Gasteiger partial charge in [-0.25, -0.2) is 0 Å². The van der Waals surface area contributed by atoms with Crippen molar-refractivity contribution in [2.24, 2.45) is 0 Å². The minimum atomic E-state index is -0.433. The molecule has 0 atom stereocenters. The first kappa shape index (κ1) is 13.9. The van der Waals surface area contributed by atoms with Crippen LogP contribution >= 0.6 is 0 Å². The van der Waals surface area contributed by atoms with Crippen molar-refractivity contribution in [3.8, 4) is 0 Å². The Morgan fingerprint density at radius 3 is 2.44 bits per heavy atom. The zero-order valence-corrected chi connectivity index (χ0v) is 10.6. The molecule has 1 rings (SSSR count). The Kier molecular flexibility index (Phi) is 7.01. The van der Waals surface area contributed by atoms with E-state index in [9.17, 15) is 5.11 Å². The molecule has 0 aromatic heterocycles. The van der Waals surface area contributed by atoms with Crippen molar-refractivity contribution in [1.29, 1.82) is 0 Å². The first-order valence-electron chi connectivity index (χ1n) is 6.69. The molecule has 3 heteroatoms. The minimum absolute atomic E-state index is 0.433. The van der Waals surface area contributed by atoms with E-state index in [0.717, 1.165) is 45.4 Å². The highest BCUT2D eigenvalue weighted by Crippen LogP contribution is 2.26. The quantitative estimate of drug-likeness (QED) is 0.519. The molecule has 0 unspecified atom stereocenters. The second-order valence-corrected chi connectivity index (χ2v) is 5.02. The number of nitrogens with one attached hydrogen (secondary N) is 1. The molecule has 1 aliphatic carbocycles. The Hall–Kier alpha value is -0.120. The van der Waals surface area contributed by atoms with Crippen LogP contribution in [-0.2, 0) is 4.74 Å². The van der Waals surface area contributed by atoms with Crippen molar-refractivity contribution in [3.05, 3.63) is 0 Å². The molecule has 0 heterocycles. The molecule has 3 nitrogen and oxygen atoms in total. The van der Waals surface area contributed by atoms with E-state index >= 15 is 0 Å². The zero-order chi connectivity index (χ0) is 11.7. The second-order valence-electron chi connectivity index (χ2n) is 5.02. The lowest BCUT2D eigenvalue weighted by Gasteiger charge is -2.26. The van der Waals surface area contributed by atoms with Gasteiger partial charge in [-0.2, -0.15) is 0 Å². The van der Waals surface area contributed by atoms with E-state index in [-0.39, 0.29) is 0 Å². The maximum absolute atomic E-state index is 10.4. The lowest BCUT2D eigenvalue weighted by atomic mass is 9.94. The average Bonchev–Trinajstić information content (AvgIpc) is 2.49. The average molecular weight is 229 g/mol. The van der Waals surface area contributed by atoms with Gasteiger partial charge in [0.2, 0.25) is 0 Å². The number of hydrogen-bond donors (Lipinski definition) is 2. The molecule has 1 fully saturated rings. The third-order valence-corrected chi connectivity index (χ3v) is 3.44. The van der Waals surface area contributed by atoms with E-state index < -0.39 is 5.60 Å². The van der Waals surface area contributed by atoms with Crippen molar-refractivity contribution in [2.75, 3.05) is 26.8 Å². The second kappa shape index (κ2) is 8.04. The fourth-order valence-electron chi connectivity index (χ4n) is 2.38. The molecule has 96 valence electrons. The van der Waals surface area contributed by atoms with Gasteiger partial charge in [0.25, 0.3) is 0 Å². The summed E-state index contributed by atoms with van der Waals surface area (Å²) in [5, 5.41) is 13.7. The predicted molar refractivity (Wildman–Crippen MR) is 66.6 cm³/mol. The third-order valence-electron chi connectivity index (χ3n) is 3.44. The molecule has 16 heavy (non-hydrogen) atoms. The summed E-state index contributed by atoms with van der Waals surface area (Å²) in [4.78, 5) is 0. The molecule has 0 aliphatic heterocycles. The van der Waals surface area contributed by atoms with Gasteiger partial charge in [0, 0.05) is 20.3 Å². The van der Waals surface area contributed by atoms with Crippen LogP contribution in [0.2, 0.25) is 0 Å². The van der Waals surface area contributed by atoms with Crippen LogP contribution in [0.5, 0.6) is 0 Å². The number of ether oxygens (including phenoxy) is 1. The van der Waals surface area contributed by atoms with Crippen LogP contribution < -0.4 is 5.32 Å². The van der Waals surface area contributed by atoms with Crippen molar-refractivity contribution < 1.29 is 9.84 Å². The number of unbranched alkanes of at least 4 members (excludes halogenated alkanes) is 1. The fraction of sp³-hybridized carbons (Fsp3) is 1.00. The normalized spacial score (nSPS) is 20.6. The van der Waals surface area contributed by atoms with Gasteiger partial charge in [-0.3, -0.25) is 0 Å². The maximum atomic E-state index is 10.4. The van der Waals surface area contributed by atoms with Crippen LogP contribution in [0.25, 0.3) is 0 Å². The molecule has 0 radical (unpaired) electrons. The van der Waals surface area contributed by atoms with Crippen molar-refractivity contribution in [1.82, 2.24) is 5.32 Å². The number of methoxy groups -OCH3 is 1.